The van der Waals surface area contributed by atoms with Gasteiger partial charge in [-0.15, -0.1) is 0 Å². The van der Waals surface area contributed by atoms with Crippen LogP contribution in [0.25, 0.3) is 0 Å². The van der Waals surface area contributed by atoms with Crippen LogP contribution in [0.5, 0.6) is 0 Å². The number of benzene rings is 1. The Bertz CT molecular complexity index is 329. The molecule has 0 spiro atoms. The molecular weight excluding hydrogens is 227 g/mol. The van der Waals surface area contributed by atoms with Gasteiger partial charge < -0.3 is 11.1 Å². The van der Waals surface area contributed by atoms with Crippen LogP contribution in [-0.4, -0.2) is 19.1 Å². The molecule has 1 rings (SSSR count). The third-order valence-corrected chi connectivity index (χ3v) is 2.59. The first kappa shape index (κ1) is 13.4. The molecule has 0 aliphatic carbocycles. The Hall–Kier alpha value is -0.640. The molecule has 0 amide bonds. The molecule has 0 saturated carbocycles. The minimum absolute atomic E-state index is 0.196. The zero-order valence-corrected chi connectivity index (χ0v) is 10.2. The van der Waals surface area contributed by atoms with Crippen LogP contribution in [0.1, 0.15) is 18.9 Å². The van der Waals surface area contributed by atoms with E-state index in [9.17, 15) is 4.39 Å². The molecule has 1 aromatic carbocycles. The zero-order chi connectivity index (χ0) is 12.0. The van der Waals surface area contributed by atoms with E-state index in [0.29, 0.717) is 17.0 Å². The average Bonchev–Trinajstić information content (AvgIpc) is 2.22. The van der Waals surface area contributed by atoms with E-state index in [2.05, 4.69) is 5.32 Å². The van der Waals surface area contributed by atoms with Crippen molar-refractivity contribution in [2.45, 2.75) is 25.8 Å². The molecule has 0 radical (unpaired) electrons. The highest BCUT2D eigenvalue weighted by atomic mass is 35.5. The highest BCUT2D eigenvalue weighted by molar-refractivity contribution is 6.30. The van der Waals surface area contributed by atoms with E-state index in [1.165, 1.54) is 6.07 Å². The largest absolute Gasteiger partial charge is 0.328 e. The van der Waals surface area contributed by atoms with Crippen LogP contribution < -0.4 is 11.1 Å². The Balaban J connectivity index is 2.29. The summed E-state index contributed by atoms with van der Waals surface area (Å²) in [6.07, 6.45) is 1.57. The van der Waals surface area contributed by atoms with Gasteiger partial charge in [-0.2, -0.15) is 0 Å². The summed E-state index contributed by atoms with van der Waals surface area (Å²) in [5.41, 5.74) is 6.27. The number of halogens is 2. The van der Waals surface area contributed by atoms with Crippen molar-refractivity contribution < 1.29 is 4.39 Å². The molecule has 90 valence electrons. The fraction of sp³-hybridized carbons (Fsp3) is 0.500. The zero-order valence-electron chi connectivity index (χ0n) is 9.47. The Kier molecular flexibility index (Phi) is 5.74. The minimum Gasteiger partial charge on any atom is -0.328 e. The van der Waals surface area contributed by atoms with E-state index in [0.717, 1.165) is 19.5 Å². The Morgan fingerprint density at radius 3 is 2.88 bits per heavy atom. The molecule has 0 aromatic heterocycles. The van der Waals surface area contributed by atoms with Crippen LogP contribution in [0.4, 0.5) is 4.39 Å². The highest BCUT2D eigenvalue weighted by Crippen LogP contribution is 2.14. The first-order chi connectivity index (χ1) is 7.59. The van der Waals surface area contributed by atoms with Crippen LogP contribution in [0.15, 0.2) is 18.2 Å². The molecule has 0 aliphatic heterocycles. The van der Waals surface area contributed by atoms with Crippen molar-refractivity contribution in [1.82, 2.24) is 5.32 Å². The third-order valence-electron chi connectivity index (χ3n) is 2.36. The van der Waals surface area contributed by atoms with Crippen molar-refractivity contribution in [2.24, 2.45) is 5.73 Å². The van der Waals surface area contributed by atoms with Gasteiger partial charge in [-0.05, 0) is 56.6 Å². The fourth-order valence-corrected chi connectivity index (χ4v) is 1.61. The first-order valence-corrected chi connectivity index (χ1v) is 5.87. The molecule has 0 aliphatic rings. The minimum atomic E-state index is -0.196. The van der Waals surface area contributed by atoms with E-state index in [-0.39, 0.29) is 11.9 Å². The fourth-order valence-electron chi connectivity index (χ4n) is 1.41. The van der Waals surface area contributed by atoms with Gasteiger partial charge in [0.05, 0.1) is 0 Å². The molecule has 0 heterocycles. The lowest BCUT2D eigenvalue weighted by Gasteiger charge is -2.07. The molecule has 0 bridgehead atoms. The molecule has 2 nitrogen and oxygen atoms in total. The van der Waals surface area contributed by atoms with Gasteiger partial charge in [-0.1, -0.05) is 11.6 Å². The quantitative estimate of drug-likeness (QED) is 0.754. The molecule has 1 unspecified atom stereocenters. The number of hydrogen-bond acceptors (Lipinski definition) is 2. The van der Waals surface area contributed by atoms with Crippen LogP contribution in [0.3, 0.4) is 0 Å². The topological polar surface area (TPSA) is 38.0 Å². The second kappa shape index (κ2) is 6.84. The monoisotopic (exact) mass is 244 g/mol. The molecular formula is C12H18ClFN2. The standard InChI is InChI=1S/C12H18ClFN2/c1-9(15)4-6-16-7-5-10-8-11(13)2-3-12(10)14/h2-3,8-9,16H,4-7,15H2,1H3. The van der Waals surface area contributed by atoms with Crippen LogP contribution in [0.2, 0.25) is 5.02 Å². The van der Waals surface area contributed by atoms with E-state index in [4.69, 9.17) is 17.3 Å². The smallest absolute Gasteiger partial charge is 0.126 e. The second-order valence-electron chi connectivity index (χ2n) is 4.00. The van der Waals surface area contributed by atoms with Crippen molar-refractivity contribution in [1.29, 1.82) is 0 Å². The Morgan fingerprint density at radius 1 is 1.44 bits per heavy atom. The lowest BCUT2D eigenvalue weighted by molar-refractivity contribution is 0.573. The van der Waals surface area contributed by atoms with E-state index in [1.807, 2.05) is 6.92 Å². The highest BCUT2D eigenvalue weighted by Gasteiger charge is 2.02. The van der Waals surface area contributed by atoms with Gasteiger partial charge in [0.25, 0.3) is 0 Å². The lowest BCUT2D eigenvalue weighted by atomic mass is 10.1. The van der Waals surface area contributed by atoms with Gasteiger partial charge in [-0.3, -0.25) is 0 Å². The van der Waals surface area contributed by atoms with Gasteiger partial charge in [0.15, 0.2) is 0 Å². The van der Waals surface area contributed by atoms with Crippen molar-refractivity contribution in [2.75, 3.05) is 13.1 Å². The van der Waals surface area contributed by atoms with E-state index in [1.54, 1.807) is 12.1 Å². The third kappa shape index (κ3) is 4.92. The maximum Gasteiger partial charge on any atom is 0.126 e. The van der Waals surface area contributed by atoms with Crippen LogP contribution >= 0.6 is 11.6 Å². The summed E-state index contributed by atoms with van der Waals surface area (Å²) in [5.74, 6) is -0.196. The molecule has 0 saturated heterocycles. The van der Waals surface area contributed by atoms with Gasteiger partial charge >= 0.3 is 0 Å². The summed E-state index contributed by atoms with van der Waals surface area (Å²) in [6, 6.07) is 4.84. The Morgan fingerprint density at radius 2 is 2.19 bits per heavy atom. The first-order valence-electron chi connectivity index (χ1n) is 5.50. The van der Waals surface area contributed by atoms with Gasteiger partial charge in [0, 0.05) is 11.1 Å². The van der Waals surface area contributed by atoms with Crippen molar-refractivity contribution in [3.8, 4) is 0 Å². The summed E-state index contributed by atoms with van der Waals surface area (Å²) in [6.45, 7) is 3.57. The molecule has 1 atom stereocenters. The molecule has 4 heteroatoms. The number of nitrogens with one attached hydrogen (secondary N) is 1. The summed E-state index contributed by atoms with van der Waals surface area (Å²) in [7, 11) is 0. The maximum absolute atomic E-state index is 13.3. The number of hydrogen-bond donors (Lipinski definition) is 2. The predicted octanol–water partition coefficient (Wildman–Crippen LogP) is 2.35. The van der Waals surface area contributed by atoms with Crippen molar-refractivity contribution in [3.63, 3.8) is 0 Å². The molecule has 16 heavy (non-hydrogen) atoms. The van der Waals surface area contributed by atoms with E-state index >= 15 is 0 Å². The summed E-state index contributed by atoms with van der Waals surface area (Å²) in [4.78, 5) is 0. The summed E-state index contributed by atoms with van der Waals surface area (Å²) >= 11 is 5.79. The normalized spacial score (nSPS) is 12.8. The SMILES string of the molecule is CC(N)CCNCCc1cc(Cl)ccc1F. The summed E-state index contributed by atoms with van der Waals surface area (Å²) in [5, 5.41) is 3.80. The van der Waals surface area contributed by atoms with Crippen LogP contribution in [0, 0.1) is 5.82 Å². The second-order valence-corrected chi connectivity index (χ2v) is 4.44. The maximum atomic E-state index is 13.3. The molecule has 3 N–H and O–H groups in total. The average molecular weight is 245 g/mol. The summed E-state index contributed by atoms with van der Waals surface area (Å²) < 4.78 is 13.3. The van der Waals surface area contributed by atoms with Crippen LogP contribution in [-0.2, 0) is 6.42 Å². The Labute approximate surface area is 101 Å². The number of nitrogens with two attached hydrogens (primary N) is 1. The van der Waals surface area contributed by atoms with E-state index < -0.39 is 0 Å². The van der Waals surface area contributed by atoms with Gasteiger partial charge in [0.2, 0.25) is 0 Å². The lowest BCUT2D eigenvalue weighted by Crippen LogP contribution is -2.25. The van der Waals surface area contributed by atoms with Crippen molar-refractivity contribution >= 4 is 11.6 Å². The number of rotatable bonds is 6. The molecule has 1 aromatic rings. The van der Waals surface area contributed by atoms with Gasteiger partial charge in [-0.25, -0.2) is 4.39 Å². The molecule has 0 fully saturated rings. The van der Waals surface area contributed by atoms with Crippen molar-refractivity contribution in [3.05, 3.63) is 34.6 Å². The predicted molar refractivity (Wildman–Crippen MR) is 66.3 cm³/mol. The van der Waals surface area contributed by atoms with Gasteiger partial charge in [0.1, 0.15) is 5.82 Å².